The van der Waals surface area contributed by atoms with Crippen LogP contribution in [0.2, 0.25) is 5.02 Å². The second kappa shape index (κ2) is 9.46. The van der Waals surface area contributed by atoms with Crippen molar-refractivity contribution < 1.29 is 19.0 Å². The van der Waals surface area contributed by atoms with Gasteiger partial charge in [0.2, 0.25) is 0 Å². The average molecular weight is 421 g/mol. The lowest BCUT2D eigenvalue weighted by molar-refractivity contribution is 0.195. The number of nitrogens with one attached hydrogen (secondary N) is 2. The van der Waals surface area contributed by atoms with E-state index >= 15 is 0 Å². The van der Waals surface area contributed by atoms with Gasteiger partial charge < -0.3 is 20.5 Å². The first-order chi connectivity index (χ1) is 13.9. The number of rotatable bonds is 4. The van der Waals surface area contributed by atoms with Crippen LogP contribution in [0.5, 0.6) is 5.75 Å². The van der Waals surface area contributed by atoms with Gasteiger partial charge in [-0.2, -0.15) is 0 Å². The van der Waals surface area contributed by atoms with Gasteiger partial charge in [-0.05, 0) is 66.3 Å². The summed E-state index contributed by atoms with van der Waals surface area (Å²) in [5, 5.41) is 14.0. The predicted molar refractivity (Wildman–Crippen MR) is 111 cm³/mol. The molecule has 156 valence electrons. The minimum atomic E-state index is -0.961. The van der Waals surface area contributed by atoms with Gasteiger partial charge in [0.1, 0.15) is 18.2 Å². The zero-order valence-electron chi connectivity index (χ0n) is 16.5. The first kappa shape index (κ1) is 21.4. The van der Waals surface area contributed by atoms with Crippen molar-refractivity contribution in [3.05, 3.63) is 63.9 Å². The van der Waals surface area contributed by atoms with Crippen LogP contribution < -0.4 is 15.4 Å². The number of ether oxygens (including phenoxy) is 1. The first-order valence-corrected chi connectivity index (χ1v) is 10.2. The Morgan fingerprint density at radius 1 is 1.31 bits per heavy atom. The second-order valence-corrected chi connectivity index (χ2v) is 7.79. The van der Waals surface area contributed by atoms with Crippen LogP contribution in [0.4, 0.5) is 9.18 Å². The molecule has 1 aliphatic heterocycles. The summed E-state index contributed by atoms with van der Waals surface area (Å²) < 4.78 is 19.1. The predicted octanol–water partition coefficient (Wildman–Crippen LogP) is 4.75. The molecule has 1 saturated heterocycles. The first-order valence-electron chi connectivity index (χ1n) is 9.78. The number of carbonyl (C=O) groups is 1. The molecular weight excluding hydrogens is 395 g/mol. The summed E-state index contributed by atoms with van der Waals surface area (Å²) >= 11 is 6.41. The highest BCUT2D eigenvalue weighted by Crippen LogP contribution is 2.50. The summed E-state index contributed by atoms with van der Waals surface area (Å²) in [5.74, 6) is 2.17. The lowest BCUT2D eigenvalue weighted by atomic mass is 9.91. The molecule has 2 aliphatic rings. The summed E-state index contributed by atoms with van der Waals surface area (Å²) in [4.78, 5) is 9.49. The van der Waals surface area contributed by atoms with Gasteiger partial charge in [0, 0.05) is 19.0 Å². The van der Waals surface area contributed by atoms with Crippen LogP contribution in [0.15, 0.2) is 36.4 Å². The van der Waals surface area contributed by atoms with Crippen LogP contribution in [0.1, 0.15) is 42.4 Å². The highest BCUT2D eigenvalue weighted by molar-refractivity contribution is 6.32. The van der Waals surface area contributed by atoms with E-state index in [-0.39, 0.29) is 5.82 Å². The zero-order valence-corrected chi connectivity index (χ0v) is 17.3. The molecule has 1 aliphatic carbocycles. The molecule has 1 amide bonds. The maximum absolute atomic E-state index is 13.3. The van der Waals surface area contributed by atoms with Gasteiger partial charge in [0.05, 0.1) is 5.02 Å². The molecule has 0 spiro atoms. The molecule has 4 rings (SSSR count). The van der Waals surface area contributed by atoms with E-state index in [1.54, 1.807) is 13.0 Å². The molecule has 2 aromatic carbocycles. The standard InChI is InChI=1S/C19H19ClFNO.C3H7NO2/c1-11-14-6-18(20)19(7-15(14)17-9-22-8-16(11)17)23-10-12-3-2-4-13(21)5-12;1-2-4-3(5)6/h2-7,11,16-17,22H,8-10H2,1H3;4H,2H2,1H3,(H,5,6). The van der Waals surface area contributed by atoms with Gasteiger partial charge in [0.25, 0.3) is 0 Å². The summed E-state index contributed by atoms with van der Waals surface area (Å²) in [6.45, 7) is 6.90. The van der Waals surface area contributed by atoms with Crippen LogP contribution in [-0.2, 0) is 6.61 Å². The fraction of sp³-hybridized carbons (Fsp3) is 0.409. The fourth-order valence-corrected chi connectivity index (χ4v) is 4.37. The van der Waals surface area contributed by atoms with Gasteiger partial charge >= 0.3 is 6.09 Å². The molecular formula is C22H26ClFN2O3. The lowest BCUT2D eigenvalue weighted by Crippen LogP contribution is -2.19. The van der Waals surface area contributed by atoms with E-state index < -0.39 is 6.09 Å². The Morgan fingerprint density at radius 3 is 2.76 bits per heavy atom. The number of carboxylic acid groups (broad SMARTS) is 1. The minimum Gasteiger partial charge on any atom is -0.487 e. The van der Waals surface area contributed by atoms with Crippen molar-refractivity contribution in [2.75, 3.05) is 19.6 Å². The molecule has 29 heavy (non-hydrogen) atoms. The van der Waals surface area contributed by atoms with Gasteiger partial charge in [-0.1, -0.05) is 30.7 Å². The van der Waals surface area contributed by atoms with Crippen LogP contribution in [0.25, 0.3) is 0 Å². The largest absolute Gasteiger partial charge is 0.487 e. The number of hydrogen-bond donors (Lipinski definition) is 3. The van der Waals surface area contributed by atoms with Crippen molar-refractivity contribution in [3.8, 4) is 5.75 Å². The van der Waals surface area contributed by atoms with E-state index in [4.69, 9.17) is 21.4 Å². The van der Waals surface area contributed by atoms with Gasteiger partial charge in [0.15, 0.2) is 0 Å². The van der Waals surface area contributed by atoms with Crippen LogP contribution >= 0.6 is 11.6 Å². The topological polar surface area (TPSA) is 70.6 Å². The van der Waals surface area contributed by atoms with E-state index in [2.05, 4.69) is 29.7 Å². The second-order valence-electron chi connectivity index (χ2n) is 7.38. The molecule has 0 aromatic heterocycles. The van der Waals surface area contributed by atoms with E-state index in [0.29, 0.717) is 41.7 Å². The maximum Gasteiger partial charge on any atom is 0.404 e. The normalized spacial score (nSPS) is 21.6. The van der Waals surface area contributed by atoms with Crippen LogP contribution in [0.3, 0.4) is 0 Å². The minimum absolute atomic E-state index is 0.250. The molecule has 2 aromatic rings. The zero-order chi connectivity index (χ0) is 21.0. The van der Waals surface area contributed by atoms with Crippen molar-refractivity contribution in [1.29, 1.82) is 0 Å². The van der Waals surface area contributed by atoms with E-state index in [1.165, 1.54) is 23.3 Å². The molecule has 5 nitrogen and oxygen atoms in total. The number of fused-ring (bicyclic) bond motifs is 3. The highest BCUT2D eigenvalue weighted by atomic mass is 35.5. The van der Waals surface area contributed by atoms with Gasteiger partial charge in [-0.3, -0.25) is 0 Å². The maximum atomic E-state index is 13.3. The molecule has 1 fully saturated rings. The number of amides is 1. The van der Waals surface area contributed by atoms with Crippen LogP contribution in [-0.4, -0.2) is 30.8 Å². The number of benzene rings is 2. The Morgan fingerprint density at radius 2 is 2.10 bits per heavy atom. The molecule has 1 heterocycles. The Balaban J connectivity index is 0.000000353. The lowest BCUT2D eigenvalue weighted by Gasteiger charge is -2.14. The highest BCUT2D eigenvalue weighted by Gasteiger charge is 2.41. The third-order valence-electron chi connectivity index (χ3n) is 5.54. The van der Waals surface area contributed by atoms with Crippen molar-refractivity contribution >= 4 is 17.7 Å². The molecule has 3 N–H and O–H groups in total. The van der Waals surface area contributed by atoms with Crippen molar-refractivity contribution in [2.24, 2.45) is 5.92 Å². The summed E-state index contributed by atoms with van der Waals surface area (Å²) in [7, 11) is 0. The van der Waals surface area contributed by atoms with E-state index in [9.17, 15) is 9.18 Å². The van der Waals surface area contributed by atoms with Gasteiger partial charge in [-0.25, -0.2) is 9.18 Å². The molecule has 3 atom stereocenters. The van der Waals surface area contributed by atoms with Crippen molar-refractivity contribution in [1.82, 2.24) is 10.6 Å². The van der Waals surface area contributed by atoms with E-state index in [1.807, 2.05) is 6.07 Å². The molecule has 3 unspecified atom stereocenters. The molecule has 0 saturated carbocycles. The fourth-order valence-electron chi connectivity index (χ4n) is 4.15. The smallest absolute Gasteiger partial charge is 0.404 e. The Kier molecular flexibility index (Phi) is 6.98. The number of halogens is 2. The quantitative estimate of drug-likeness (QED) is 0.667. The summed E-state index contributed by atoms with van der Waals surface area (Å²) in [5.41, 5.74) is 3.51. The Labute approximate surface area is 175 Å². The number of hydrogen-bond acceptors (Lipinski definition) is 3. The summed E-state index contributed by atoms with van der Waals surface area (Å²) in [6, 6.07) is 10.6. The van der Waals surface area contributed by atoms with E-state index in [0.717, 1.165) is 18.7 Å². The monoisotopic (exact) mass is 420 g/mol. The van der Waals surface area contributed by atoms with Crippen LogP contribution in [0, 0.1) is 11.7 Å². The van der Waals surface area contributed by atoms with Crippen molar-refractivity contribution in [3.63, 3.8) is 0 Å². The molecule has 0 radical (unpaired) electrons. The summed E-state index contributed by atoms with van der Waals surface area (Å²) in [6.07, 6.45) is -0.961. The third kappa shape index (κ3) is 5.00. The van der Waals surface area contributed by atoms with Crippen molar-refractivity contribution in [2.45, 2.75) is 32.3 Å². The molecule has 0 bridgehead atoms. The average Bonchev–Trinajstić information content (AvgIpc) is 3.24. The Bertz CT molecular complexity index is 877. The Hall–Kier alpha value is -2.31. The molecule has 7 heteroatoms. The van der Waals surface area contributed by atoms with Gasteiger partial charge in [-0.15, -0.1) is 0 Å². The third-order valence-corrected chi connectivity index (χ3v) is 5.84. The SMILES string of the molecule is CC1c2cc(Cl)c(OCc3cccc(F)c3)cc2C2CNCC12.CCNC(=O)O.